The van der Waals surface area contributed by atoms with Crippen molar-refractivity contribution in [3.63, 3.8) is 0 Å². The molecule has 0 spiro atoms. The molecule has 0 aromatic rings. The van der Waals surface area contributed by atoms with Crippen LogP contribution in [0.2, 0.25) is 0 Å². The predicted octanol–water partition coefficient (Wildman–Crippen LogP) is 0.873. The maximum atomic E-state index is 11.6. The van der Waals surface area contributed by atoms with E-state index < -0.39 is 18.1 Å². The van der Waals surface area contributed by atoms with Gasteiger partial charge in [0.25, 0.3) is 0 Å². The van der Waals surface area contributed by atoms with E-state index in [1.54, 1.807) is 0 Å². The number of carboxylic acid groups (broad SMARTS) is 1. The van der Waals surface area contributed by atoms with Crippen molar-refractivity contribution in [2.75, 3.05) is 20.3 Å². The first-order chi connectivity index (χ1) is 8.10. The van der Waals surface area contributed by atoms with E-state index in [2.05, 4.69) is 6.58 Å². The summed E-state index contributed by atoms with van der Waals surface area (Å²) in [7, 11) is 1.54. The van der Waals surface area contributed by atoms with Crippen molar-refractivity contribution in [2.24, 2.45) is 0 Å². The summed E-state index contributed by atoms with van der Waals surface area (Å²) in [5.74, 6) is -1.04. The number of amides is 1. The second-order valence-electron chi connectivity index (χ2n) is 3.80. The van der Waals surface area contributed by atoms with E-state index in [4.69, 9.17) is 14.6 Å². The van der Waals surface area contributed by atoms with E-state index in [1.165, 1.54) is 18.1 Å². The van der Waals surface area contributed by atoms with Gasteiger partial charge in [0.05, 0.1) is 6.10 Å². The molecule has 1 N–H and O–H groups in total. The Kier molecular flexibility index (Phi) is 4.96. The number of carbonyl (C=O) groups excluding carboxylic acids is 1. The highest BCUT2D eigenvalue weighted by Crippen LogP contribution is 2.20. The lowest BCUT2D eigenvalue weighted by atomic mass is 10.00. The van der Waals surface area contributed by atoms with Crippen LogP contribution in [0.4, 0.5) is 4.79 Å². The molecule has 6 nitrogen and oxygen atoms in total. The third-order valence-corrected chi connectivity index (χ3v) is 2.73. The molecule has 2 atom stereocenters. The Morgan fingerprint density at radius 1 is 1.59 bits per heavy atom. The van der Waals surface area contributed by atoms with Gasteiger partial charge in [0.2, 0.25) is 0 Å². The number of hydrogen-bond acceptors (Lipinski definition) is 4. The summed E-state index contributed by atoms with van der Waals surface area (Å²) in [5.41, 5.74) is 0. The van der Waals surface area contributed by atoms with Crippen molar-refractivity contribution in [1.29, 1.82) is 0 Å². The second kappa shape index (κ2) is 6.24. The molecular formula is C11H17NO5. The second-order valence-corrected chi connectivity index (χ2v) is 3.80. The fourth-order valence-electron chi connectivity index (χ4n) is 1.81. The van der Waals surface area contributed by atoms with E-state index >= 15 is 0 Å². The van der Waals surface area contributed by atoms with Gasteiger partial charge in [-0.2, -0.15) is 0 Å². The van der Waals surface area contributed by atoms with Crippen LogP contribution in [0.15, 0.2) is 12.7 Å². The van der Waals surface area contributed by atoms with Crippen LogP contribution in [0.3, 0.4) is 0 Å². The summed E-state index contributed by atoms with van der Waals surface area (Å²) in [6.45, 7) is 3.83. The van der Waals surface area contributed by atoms with Crippen LogP contribution in [0, 0.1) is 0 Å². The Labute approximate surface area is 99.8 Å². The molecule has 96 valence electrons. The van der Waals surface area contributed by atoms with Crippen LogP contribution in [0.1, 0.15) is 12.8 Å². The van der Waals surface area contributed by atoms with Crippen LogP contribution < -0.4 is 0 Å². The lowest BCUT2D eigenvalue weighted by Gasteiger charge is -2.35. The topological polar surface area (TPSA) is 76.1 Å². The van der Waals surface area contributed by atoms with Crippen molar-refractivity contribution in [3.8, 4) is 0 Å². The average molecular weight is 243 g/mol. The molecular weight excluding hydrogens is 226 g/mol. The van der Waals surface area contributed by atoms with Gasteiger partial charge in [-0.1, -0.05) is 12.7 Å². The molecule has 17 heavy (non-hydrogen) atoms. The van der Waals surface area contributed by atoms with E-state index in [0.29, 0.717) is 13.0 Å². The number of nitrogens with zero attached hydrogens (tertiary/aromatic N) is 1. The fourth-order valence-corrected chi connectivity index (χ4v) is 1.81. The Balaban J connectivity index is 2.66. The van der Waals surface area contributed by atoms with Crippen LogP contribution in [0.25, 0.3) is 0 Å². The molecule has 0 aromatic carbocycles. The van der Waals surface area contributed by atoms with Gasteiger partial charge in [0.1, 0.15) is 12.6 Å². The summed E-state index contributed by atoms with van der Waals surface area (Å²) in [4.78, 5) is 23.9. The third-order valence-electron chi connectivity index (χ3n) is 2.73. The molecule has 6 heteroatoms. The summed E-state index contributed by atoms with van der Waals surface area (Å²) < 4.78 is 9.97. The molecule has 0 radical (unpaired) electrons. The highest BCUT2D eigenvalue weighted by Gasteiger charge is 2.37. The molecule has 1 aliphatic rings. The van der Waals surface area contributed by atoms with Gasteiger partial charge in [0, 0.05) is 20.1 Å². The monoisotopic (exact) mass is 243 g/mol. The van der Waals surface area contributed by atoms with Crippen molar-refractivity contribution in [2.45, 2.75) is 25.0 Å². The number of hydrogen-bond donors (Lipinski definition) is 1. The summed E-state index contributed by atoms with van der Waals surface area (Å²) in [5, 5.41) is 9.07. The molecule has 1 aliphatic heterocycles. The molecule has 2 unspecified atom stereocenters. The quantitative estimate of drug-likeness (QED) is 0.741. The Bertz CT molecular complexity index is 304. The number of rotatable bonds is 4. The zero-order chi connectivity index (χ0) is 12.8. The lowest BCUT2D eigenvalue weighted by Crippen LogP contribution is -2.51. The van der Waals surface area contributed by atoms with Crippen LogP contribution in [-0.4, -0.2) is 54.5 Å². The van der Waals surface area contributed by atoms with Gasteiger partial charge in [0.15, 0.2) is 0 Å². The lowest BCUT2D eigenvalue weighted by molar-refractivity contribution is -0.146. The van der Waals surface area contributed by atoms with Crippen molar-refractivity contribution >= 4 is 12.1 Å². The molecule has 1 saturated heterocycles. The minimum atomic E-state index is -1.04. The summed E-state index contributed by atoms with van der Waals surface area (Å²) >= 11 is 0. The first kappa shape index (κ1) is 13.5. The van der Waals surface area contributed by atoms with Crippen molar-refractivity contribution in [1.82, 2.24) is 4.90 Å². The largest absolute Gasteiger partial charge is 0.480 e. The van der Waals surface area contributed by atoms with Crippen molar-refractivity contribution in [3.05, 3.63) is 12.7 Å². The van der Waals surface area contributed by atoms with Gasteiger partial charge in [-0.3, -0.25) is 4.90 Å². The highest BCUT2D eigenvalue weighted by atomic mass is 16.6. The molecule has 0 saturated carbocycles. The van der Waals surface area contributed by atoms with Gasteiger partial charge in [-0.05, 0) is 6.42 Å². The first-order valence-electron chi connectivity index (χ1n) is 5.40. The number of likely N-dealkylation sites (tertiary alicyclic amines) is 1. The van der Waals surface area contributed by atoms with E-state index in [-0.39, 0.29) is 19.1 Å². The standard InChI is InChI=1S/C11H17NO5/c1-3-6-17-11(15)12-5-4-8(16-2)7-9(12)10(13)14/h3,8-9H,1,4-7H2,2H3,(H,13,14). The maximum Gasteiger partial charge on any atom is 0.410 e. The predicted molar refractivity (Wildman–Crippen MR) is 59.7 cm³/mol. The molecule has 1 rings (SSSR count). The number of carboxylic acids is 1. The summed E-state index contributed by atoms with van der Waals surface area (Å²) in [6.07, 6.45) is 1.60. The minimum Gasteiger partial charge on any atom is -0.480 e. The van der Waals surface area contributed by atoms with E-state index in [1.807, 2.05) is 0 Å². The van der Waals surface area contributed by atoms with Gasteiger partial charge in [-0.25, -0.2) is 9.59 Å². The van der Waals surface area contributed by atoms with E-state index in [0.717, 1.165) is 0 Å². The molecule has 0 bridgehead atoms. The Morgan fingerprint density at radius 3 is 2.82 bits per heavy atom. The number of methoxy groups -OCH3 is 1. The van der Waals surface area contributed by atoms with Crippen LogP contribution >= 0.6 is 0 Å². The SMILES string of the molecule is C=CCOC(=O)N1CCC(OC)CC1C(=O)O. The smallest absolute Gasteiger partial charge is 0.410 e. The van der Waals surface area contributed by atoms with Crippen molar-refractivity contribution < 1.29 is 24.2 Å². The molecule has 0 aromatic heterocycles. The molecule has 1 amide bonds. The Morgan fingerprint density at radius 2 is 2.29 bits per heavy atom. The van der Waals surface area contributed by atoms with Crippen LogP contribution in [-0.2, 0) is 14.3 Å². The minimum absolute atomic E-state index is 0.0787. The van der Waals surface area contributed by atoms with Crippen LogP contribution in [0.5, 0.6) is 0 Å². The average Bonchev–Trinajstić information content (AvgIpc) is 2.35. The molecule has 1 fully saturated rings. The number of carbonyl (C=O) groups is 2. The summed E-state index contributed by atoms with van der Waals surface area (Å²) in [6, 6.07) is -0.883. The highest BCUT2D eigenvalue weighted by molar-refractivity contribution is 5.80. The van der Waals surface area contributed by atoms with Gasteiger partial charge >= 0.3 is 12.1 Å². The normalized spacial score (nSPS) is 24.2. The number of piperidine rings is 1. The molecule has 1 heterocycles. The van der Waals surface area contributed by atoms with Gasteiger partial charge in [-0.15, -0.1) is 0 Å². The first-order valence-corrected chi connectivity index (χ1v) is 5.40. The number of ether oxygens (including phenoxy) is 2. The zero-order valence-corrected chi connectivity index (χ0v) is 9.80. The fraction of sp³-hybridized carbons (Fsp3) is 0.636. The van der Waals surface area contributed by atoms with E-state index in [9.17, 15) is 9.59 Å². The Hall–Kier alpha value is -1.56. The zero-order valence-electron chi connectivity index (χ0n) is 9.80. The number of aliphatic carboxylic acids is 1. The molecule has 0 aliphatic carbocycles. The third kappa shape index (κ3) is 3.45. The van der Waals surface area contributed by atoms with Gasteiger partial charge < -0.3 is 14.6 Å². The maximum absolute atomic E-state index is 11.6.